The molecule has 5 nitrogen and oxygen atoms in total. The molecule has 110 valence electrons. The lowest BCUT2D eigenvalue weighted by Gasteiger charge is -2.06. The molecule has 20 heavy (non-hydrogen) atoms. The molecule has 0 aromatic heterocycles. The van der Waals surface area contributed by atoms with Gasteiger partial charge in [0, 0.05) is 13.0 Å². The molecule has 1 aromatic rings. The van der Waals surface area contributed by atoms with Crippen molar-refractivity contribution < 1.29 is 19.1 Å². The first-order valence-electron chi connectivity index (χ1n) is 6.71. The Bertz CT molecular complexity index is 428. The highest BCUT2D eigenvalue weighted by atomic mass is 16.5. The molecule has 1 aromatic carbocycles. The smallest absolute Gasteiger partial charge is 0.337 e. The molecular weight excluding hydrogens is 258 g/mol. The number of rotatable bonds is 8. The lowest BCUT2D eigenvalue weighted by Crippen LogP contribution is -2.16. The number of benzene rings is 1. The summed E-state index contributed by atoms with van der Waals surface area (Å²) in [5.74, 6) is -0.490. The van der Waals surface area contributed by atoms with Gasteiger partial charge in [-0.3, -0.25) is 4.79 Å². The summed E-state index contributed by atoms with van der Waals surface area (Å²) in [6.07, 6.45) is 1.18. The van der Waals surface area contributed by atoms with Crippen LogP contribution in [-0.4, -0.2) is 32.2 Å². The third-order valence-corrected chi connectivity index (χ3v) is 2.74. The molecule has 0 saturated carbocycles. The zero-order valence-corrected chi connectivity index (χ0v) is 12.0. The first kappa shape index (κ1) is 16.2. The highest BCUT2D eigenvalue weighted by molar-refractivity contribution is 5.89. The summed E-state index contributed by atoms with van der Waals surface area (Å²) in [5.41, 5.74) is 1.62. The molecule has 0 aliphatic heterocycles. The first-order chi connectivity index (χ1) is 9.67. The third-order valence-electron chi connectivity index (χ3n) is 2.74. The second-order valence-electron chi connectivity index (χ2n) is 4.27. The van der Waals surface area contributed by atoms with E-state index in [9.17, 15) is 9.59 Å². The van der Waals surface area contributed by atoms with E-state index in [2.05, 4.69) is 10.1 Å². The predicted molar refractivity (Wildman–Crippen MR) is 75.4 cm³/mol. The predicted octanol–water partition coefficient (Wildman–Crippen LogP) is 1.91. The molecule has 1 rings (SSSR count). The number of hydrogen-bond acceptors (Lipinski definition) is 5. The summed E-state index contributed by atoms with van der Waals surface area (Å²) in [7, 11) is 1.36. The van der Waals surface area contributed by atoms with E-state index in [1.165, 1.54) is 7.11 Å². The van der Waals surface area contributed by atoms with Crippen LogP contribution >= 0.6 is 0 Å². The van der Waals surface area contributed by atoms with Crippen LogP contribution in [0.25, 0.3) is 0 Å². The van der Waals surface area contributed by atoms with Gasteiger partial charge in [0.05, 0.1) is 19.3 Å². The summed E-state index contributed by atoms with van der Waals surface area (Å²) in [5, 5.41) is 3.24. The highest BCUT2D eigenvalue weighted by Crippen LogP contribution is 2.05. The Morgan fingerprint density at radius 3 is 2.50 bits per heavy atom. The second kappa shape index (κ2) is 9.09. The molecule has 0 atom stereocenters. The fraction of sp³-hybridized carbons (Fsp3) is 0.467. The maximum atomic E-state index is 11.3. The molecule has 0 aliphatic rings. The molecule has 0 saturated heterocycles. The van der Waals surface area contributed by atoms with Crippen LogP contribution in [-0.2, 0) is 20.8 Å². The SMILES string of the molecule is CCOC(=O)CCCNCc1ccc(C(=O)OC)cc1. The monoisotopic (exact) mass is 279 g/mol. The minimum Gasteiger partial charge on any atom is -0.466 e. The van der Waals surface area contributed by atoms with Crippen molar-refractivity contribution in [3.63, 3.8) is 0 Å². The van der Waals surface area contributed by atoms with Gasteiger partial charge >= 0.3 is 11.9 Å². The van der Waals surface area contributed by atoms with Gasteiger partial charge in [0.1, 0.15) is 0 Å². The molecule has 0 bridgehead atoms. The molecule has 5 heteroatoms. The maximum Gasteiger partial charge on any atom is 0.337 e. The Balaban J connectivity index is 2.22. The van der Waals surface area contributed by atoms with Crippen LogP contribution in [0.15, 0.2) is 24.3 Å². The van der Waals surface area contributed by atoms with Crippen LogP contribution in [0, 0.1) is 0 Å². The molecule has 0 unspecified atom stereocenters. The first-order valence-corrected chi connectivity index (χ1v) is 6.71. The zero-order chi connectivity index (χ0) is 14.8. The molecule has 0 fully saturated rings. The van der Waals surface area contributed by atoms with E-state index in [-0.39, 0.29) is 11.9 Å². The summed E-state index contributed by atoms with van der Waals surface area (Å²) < 4.78 is 9.48. The zero-order valence-electron chi connectivity index (χ0n) is 12.0. The average molecular weight is 279 g/mol. The molecular formula is C15H21NO4. The highest BCUT2D eigenvalue weighted by Gasteiger charge is 2.04. The van der Waals surface area contributed by atoms with Crippen molar-refractivity contribution in [1.29, 1.82) is 0 Å². The quantitative estimate of drug-likeness (QED) is 0.581. The lowest BCUT2D eigenvalue weighted by molar-refractivity contribution is -0.143. The lowest BCUT2D eigenvalue weighted by atomic mass is 10.1. The van der Waals surface area contributed by atoms with Gasteiger partial charge in [0.2, 0.25) is 0 Å². The van der Waals surface area contributed by atoms with E-state index in [0.29, 0.717) is 25.1 Å². The van der Waals surface area contributed by atoms with Gasteiger partial charge < -0.3 is 14.8 Å². The van der Waals surface area contributed by atoms with Gasteiger partial charge in [-0.15, -0.1) is 0 Å². The van der Waals surface area contributed by atoms with E-state index in [1.807, 2.05) is 12.1 Å². The van der Waals surface area contributed by atoms with Crippen LogP contribution in [0.3, 0.4) is 0 Å². The Hall–Kier alpha value is -1.88. The average Bonchev–Trinajstić information content (AvgIpc) is 2.47. The van der Waals surface area contributed by atoms with Gasteiger partial charge in [-0.2, -0.15) is 0 Å². The fourth-order valence-electron chi connectivity index (χ4n) is 1.70. The van der Waals surface area contributed by atoms with Crippen molar-refractivity contribution in [3.05, 3.63) is 35.4 Å². The summed E-state index contributed by atoms with van der Waals surface area (Å²) >= 11 is 0. The molecule has 0 aliphatic carbocycles. The third kappa shape index (κ3) is 5.84. The molecule has 0 heterocycles. The van der Waals surface area contributed by atoms with Crippen molar-refractivity contribution in [3.8, 4) is 0 Å². The summed E-state index contributed by atoms with van der Waals surface area (Å²) in [4.78, 5) is 22.4. The normalized spacial score (nSPS) is 10.1. The fourth-order valence-corrected chi connectivity index (χ4v) is 1.70. The van der Waals surface area contributed by atoms with Crippen LogP contribution in [0.2, 0.25) is 0 Å². The molecule has 0 spiro atoms. The van der Waals surface area contributed by atoms with Crippen LogP contribution < -0.4 is 5.32 Å². The van der Waals surface area contributed by atoms with Gasteiger partial charge in [-0.1, -0.05) is 12.1 Å². The van der Waals surface area contributed by atoms with E-state index in [4.69, 9.17) is 4.74 Å². The van der Waals surface area contributed by atoms with Crippen molar-refractivity contribution in [2.24, 2.45) is 0 Å². The van der Waals surface area contributed by atoms with E-state index >= 15 is 0 Å². The number of methoxy groups -OCH3 is 1. The van der Waals surface area contributed by atoms with Gasteiger partial charge in [0.15, 0.2) is 0 Å². The van der Waals surface area contributed by atoms with Crippen LogP contribution in [0.5, 0.6) is 0 Å². The standard InChI is InChI=1S/C15H21NO4/c1-3-20-14(17)5-4-10-16-11-12-6-8-13(9-7-12)15(18)19-2/h6-9,16H,3-5,10-11H2,1-2H3. The van der Waals surface area contributed by atoms with Crippen molar-refractivity contribution >= 4 is 11.9 Å². The topological polar surface area (TPSA) is 64.6 Å². The number of esters is 2. The summed E-state index contributed by atoms with van der Waals surface area (Å²) in [6, 6.07) is 7.23. The molecule has 0 radical (unpaired) electrons. The minimum absolute atomic E-state index is 0.156. The van der Waals surface area contributed by atoms with Crippen LogP contribution in [0.1, 0.15) is 35.7 Å². The Morgan fingerprint density at radius 1 is 1.20 bits per heavy atom. The molecule has 1 N–H and O–H groups in total. The van der Waals surface area contributed by atoms with Gasteiger partial charge in [-0.25, -0.2) is 4.79 Å². The number of hydrogen-bond donors (Lipinski definition) is 1. The summed E-state index contributed by atoms with van der Waals surface area (Å²) in [6.45, 7) is 3.68. The Labute approximate surface area is 119 Å². The van der Waals surface area contributed by atoms with E-state index in [0.717, 1.165) is 18.5 Å². The number of carbonyl (C=O) groups is 2. The minimum atomic E-state index is -0.334. The van der Waals surface area contributed by atoms with Crippen molar-refractivity contribution in [1.82, 2.24) is 5.32 Å². The molecule has 0 amide bonds. The second-order valence-corrected chi connectivity index (χ2v) is 4.27. The van der Waals surface area contributed by atoms with Crippen LogP contribution in [0.4, 0.5) is 0 Å². The number of carbonyl (C=O) groups excluding carboxylic acids is 2. The van der Waals surface area contributed by atoms with E-state index in [1.54, 1.807) is 19.1 Å². The van der Waals surface area contributed by atoms with Crippen molar-refractivity contribution in [2.75, 3.05) is 20.3 Å². The van der Waals surface area contributed by atoms with Crippen molar-refractivity contribution in [2.45, 2.75) is 26.3 Å². The van der Waals surface area contributed by atoms with Gasteiger partial charge in [-0.05, 0) is 37.6 Å². The van der Waals surface area contributed by atoms with Gasteiger partial charge in [0.25, 0.3) is 0 Å². The largest absolute Gasteiger partial charge is 0.466 e. The number of nitrogens with one attached hydrogen (secondary N) is 1. The number of ether oxygens (including phenoxy) is 2. The maximum absolute atomic E-state index is 11.3. The Morgan fingerprint density at radius 2 is 1.90 bits per heavy atom. The van der Waals surface area contributed by atoms with E-state index < -0.39 is 0 Å². The Kier molecular flexibility index (Phi) is 7.35.